The fraction of sp³-hybridized carbons (Fsp3) is 0.0556. The molecule has 2 aromatic carbocycles. The first-order chi connectivity index (χ1) is 13.0. The molecule has 0 radical (unpaired) electrons. The number of hydrogen-bond donors (Lipinski definition) is 2. The topological polar surface area (TPSA) is 112 Å². The van der Waals surface area contributed by atoms with Gasteiger partial charge < -0.3 is 0 Å². The smallest absolute Gasteiger partial charge is 0.257 e. The van der Waals surface area contributed by atoms with Crippen LogP contribution in [0.2, 0.25) is 0 Å². The molecule has 0 saturated carbocycles. The fourth-order valence-corrected chi connectivity index (χ4v) is 3.87. The van der Waals surface area contributed by atoms with E-state index in [-0.39, 0.29) is 11.3 Å². The number of benzene rings is 2. The van der Waals surface area contributed by atoms with Crippen molar-refractivity contribution in [3.05, 3.63) is 70.5 Å². The predicted molar refractivity (Wildman–Crippen MR) is 101 cm³/mol. The number of thiazole rings is 1. The van der Waals surface area contributed by atoms with Crippen molar-refractivity contribution in [1.82, 2.24) is 15.2 Å². The Morgan fingerprint density at radius 2 is 1.81 bits per heavy atom. The van der Waals surface area contributed by atoms with Gasteiger partial charge in [-0.05, 0) is 24.3 Å². The highest BCUT2D eigenvalue weighted by atomic mass is 32.2. The van der Waals surface area contributed by atoms with E-state index < -0.39 is 15.9 Å². The average molecular weight is 398 g/mol. The minimum atomic E-state index is -3.92. The van der Waals surface area contributed by atoms with Gasteiger partial charge in [-0.1, -0.05) is 30.3 Å². The first kappa shape index (κ1) is 18.7. The van der Waals surface area contributed by atoms with E-state index in [1.807, 2.05) is 46.6 Å². The van der Waals surface area contributed by atoms with Gasteiger partial charge in [0.2, 0.25) is 5.91 Å². The average Bonchev–Trinajstić information content (AvgIpc) is 3.16. The maximum atomic E-state index is 12.2. The first-order valence-electron chi connectivity index (χ1n) is 7.78. The minimum Gasteiger partial charge on any atom is -0.277 e. The largest absolute Gasteiger partial charge is 0.277 e. The first-order valence-corrected chi connectivity index (χ1v) is 10.1. The zero-order valence-electron chi connectivity index (χ0n) is 13.9. The zero-order chi connectivity index (χ0) is 19.3. The van der Waals surface area contributed by atoms with Gasteiger partial charge in [0.25, 0.3) is 10.0 Å². The van der Waals surface area contributed by atoms with Gasteiger partial charge in [-0.3, -0.25) is 10.2 Å². The molecule has 7 nitrogen and oxygen atoms in total. The lowest BCUT2D eigenvalue weighted by atomic mass is 10.2. The molecule has 0 atom stereocenters. The van der Waals surface area contributed by atoms with Crippen LogP contribution in [0.15, 0.2) is 64.9 Å². The second-order valence-corrected chi connectivity index (χ2v) is 8.08. The molecule has 0 saturated heterocycles. The van der Waals surface area contributed by atoms with E-state index in [0.717, 1.165) is 11.3 Å². The molecule has 1 amide bonds. The molecule has 0 bridgehead atoms. The second kappa shape index (κ2) is 8.09. The van der Waals surface area contributed by atoms with Crippen LogP contribution in [0.25, 0.3) is 11.3 Å². The number of nitrogens with zero attached hydrogens (tertiary/aromatic N) is 2. The molecular weight excluding hydrogens is 384 g/mol. The summed E-state index contributed by atoms with van der Waals surface area (Å²) in [6, 6.07) is 16.8. The van der Waals surface area contributed by atoms with Crippen molar-refractivity contribution in [2.75, 3.05) is 0 Å². The van der Waals surface area contributed by atoms with Crippen molar-refractivity contribution in [2.24, 2.45) is 0 Å². The summed E-state index contributed by atoms with van der Waals surface area (Å²) in [5.74, 6) is -0.527. The molecule has 3 rings (SSSR count). The Bertz CT molecular complexity index is 1090. The number of hydrogen-bond acceptors (Lipinski definition) is 6. The van der Waals surface area contributed by atoms with Gasteiger partial charge in [-0.25, -0.2) is 13.4 Å². The van der Waals surface area contributed by atoms with Gasteiger partial charge in [0, 0.05) is 10.9 Å². The monoisotopic (exact) mass is 398 g/mol. The second-order valence-electron chi connectivity index (χ2n) is 5.46. The number of rotatable bonds is 6. The Morgan fingerprint density at radius 3 is 2.48 bits per heavy atom. The molecule has 136 valence electrons. The van der Waals surface area contributed by atoms with Gasteiger partial charge in [-0.2, -0.15) is 5.26 Å². The summed E-state index contributed by atoms with van der Waals surface area (Å²) in [5, 5.41) is 11.2. The van der Waals surface area contributed by atoms with E-state index in [1.54, 1.807) is 0 Å². The summed E-state index contributed by atoms with van der Waals surface area (Å²) in [4.78, 5) is 18.4. The van der Waals surface area contributed by atoms with Gasteiger partial charge in [0.05, 0.1) is 28.6 Å². The lowest BCUT2D eigenvalue weighted by Crippen LogP contribution is -2.42. The zero-order valence-corrected chi connectivity index (χ0v) is 15.5. The molecule has 0 spiro atoms. The summed E-state index contributed by atoms with van der Waals surface area (Å²) < 4.78 is 24.3. The normalized spacial score (nSPS) is 10.9. The fourth-order valence-electron chi connectivity index (χ4n) is 2.21. The van der Waals surface area contributed by atoms with Crippen molar-refractivity contribution < 1.29 is 13.2 Å². The third-order valence-electron chi connectivity index (χ3n) is 3.55. The Morgan fingerprint density at radius 1 is 1.11 bits per heavy atom. The molecule has 0 unspecified atom stereocenters. The van der Waals surface area contributed by atoms with Crippen LogP contribution in [0.4, 0.5) is 0 Å². The third kappa shape index (κ3) is 4.77. The van der Waals surface area contributed by atoms with Gasteiger partial charge in [-0.15, -0.1) is 16.2 Å². The Balaban J connectivity index is 1.59. The molecule has 27 heavy (non-hydrogen) atoms. The van der Waals surface area contributed by atoms with Gasteiger partial charge in [0.1, 0.15) is 5.01 Å². The van der Waals surface area contributed by atoms with Gasteiger partial charge >= 0.3 is 0 Å². The number of aromatic nitrogens is 1. The number of carbonyl (C=O) groups excluding carboxylic acids is 1. The molecule has 1 aromatic heterocycles. The van der Waals surface area contributed by atoms with E-state index in [9.17, 15) is 13.2 Å². The Labute approximate surface area is 160 Å². The standard InChI is InChI=1S/C18H14N4O3S2/c19-11-13-6-8-15(9-7-13)27(24,25)22-21-17(23)10-18-20-16(12-26-18)14-4-2-1-3-5-14/h1-9,12,22H,10H2,(H,21,23). The summed E-state index contributed by atoms with van der Waals surface area (Å²) >= 11 is 1.33. The maximum Gasteiger partial charge on any atom is 0.257 e. The van der Waals surface area contributed by atoms with Crippen molar-refractivity contribution in [1.29, 1.82) is 5.26 Å². The molecule has 0 fully saturated rings. The van der Waals surface area contributed by atoms with Crippen molar-refractivity contribution in [2.45, 2.75) is 11.3 Å². The van der Waals surface area contributed by atoms with Crippen LogP contribution < -0.4 is 10.3 Å². The summed E-state index contributed by atoms with van der Waals surface area (Å²) in [6.45, 7) is 0. The number of nitrogens with one attached hydrogen (secondary N) is 2. The minimum absolute atomic E-state index is 0.0482. The van der Waals surface area contributed by atoms with E-state index in [1.165, 1.54) is 35.6 Å². The van der Waals surface area contributed by atoms with E-state index in [2.05, 4.69) is 10.4 Å². The van der Waals surface area contributed by atoms with Crippen LogP contribution in [0.3, 0.4) is 0 Å². The molecule has 2 N–H and O–H groups in total. The third-order valence-corrected chi connectivity index (χ3v) is 5.66. The number of carbonyl (C=O) groups is 1. The van der Waals surface area contributed by atoms with Crippen molar-refractivity contribution in [3.8, 4) is 17.3 Å². The molecule has 0 aliphatic rings. The van der Waals surface area contributed by atoms with E-state index >= 15 is 0 Å². The number of sulfonamides is 1. The van der Waals surface area contributed by atoms with Crippen LogP contribution >= 0.6 is 11.3 Å². The maximum absolute atomic E-state index is 12.2. The van der Waals surface area contributed by atoms with Crippen molar-refractivity contribution in [3.63, 3.8) is 0 Å². The molecule has 0 aliphatic carbocycles. The molecule has 0 aliphatic heterocycles. The van der Waals surface area contributed by atoms with Crippen LogP contribution in [0, 0.1) is 11.3 Å². The summed E-state index contributed by atoms with van der Waals surface area (Å²) in [7, 11) is -3.92. The molecule has 1 heterocycles. The van der Waals surface area contributed by atoms with Crippen LogP contribution in [-0.2, 0) is 21.2 Å². The molecular formula is C18H14N4O3S2. The van der Waals surface area contributed by atoms with E-state index in [0.29, 0.717) is 10.6 Å². The summed E-state index contributed by atoms with van der Waals surface area (Å²) in [5.41, 5.74) is 4.23. The van der Waals surface area contributed by atoms with E-state index in [4.69, 9.17) is 5.26 Å². The number of hydrazine groups is 1. The highest BCUT2D eigenvalue weighted by molar-refractivity contribution is 7.89. The number of amides is 1. The number of nitriles is 1. The quantitative estimate of drug-likeness (QED) is 0.619. The highest BCUT2D eigenvalue weighted by Gasteiger charge is 2.16. The molecule has 3 aromatic rings. The molecule has 9 heteroatoms. The Hall–Kier alpha value is -3.06. The lowest BCUT2D eigenvalue weighted by Gasteiger charge is -2.07. The van der Waals surface area contributed by atoms with Crippen LogP contribution in [-0.4, -0.2) is 19.3 Å². The SMILES string of the molecule is N#Cc1ccc(S(=O)(=O)NNC(=O)Cc2nc(-c3ccccc3)cs2)cc1. The van der Waals surface area contributed by atoms with Crippen LogP contribution in [0.5, 0.6) is 0 Å². The lowest BCUT2D eigenvalue weighted by molar-refractivity contribution is -0.120. The van der Waals surface area contributed by atoms with Gasteiger partial charge in [0.15, 0.2) is 0 Å². The predicted octanol–water partition coefficient (Wildman–Crippen LogP) is 2.23. The Kier molecular flexibility index (Phi) is 5.61. The summed E-state index contributed by atoms with van der Waals surface area (Å²) in [6.07, 6.45) is -0.0482. The highest BCUT2D eigenvalue weighted by Crippen LogP contribution is 2.21. The van der Waals surface area contributed by atoms with Crippen LogP contribution in [0.1, 0.15) is 10.6 Å². The van der Waals surface area contributed by atoms with Crippen molar-refractivity contribution >= 4 is 27.3 Å².